The minimum Gasteiger partial charge on any atom is -0.324 e. The maximum atomic E-state index is 13.5. The molecular weight excluding hydrogens is 277 g/mol. The van der Waals surface area contributed by atoms with Gasteiger partial charge in [-0.15, -0.1) is 0 Å². The summed E-state index contributed by atoms with van der Waals surface area (Å²) in [6.45, 7) is 4.92. The fourth-order valence-corrected chi connectivity index (χ4v) is 2.33. The number of halogens is 2. The van der Waals surface area contributed by atoms with Crippen LogP contribution in [-0.4, -0.2) is 9.78 Å². The minimum absolute atomic E-state index is 0.118. The van der Waals surface area contributed by atoms with Gasteiger partial charge in [-0.05, 0) is 37.1 Å². The highest BCUT2D eigenvalue weighted by atomic mass is 35.5. The summed E-state index contributed by atoms with van der Waals surface area (Å²) < 4.78 is 15.4. The van der Waals surface area contributed by atoms with Crippen molar-refractivity contribution in [1.29, 1.82) is 0 Å². The van der Waals surface area contributed by atoms with Crippen molar-refractivity contribution in [2.45, 2.75) is 39.3 Å². The van der Waals surface area contributed by atoms with Crippen molar-refractivity contribution in [3.63, 3.8) is 0 Å². The first-order valence-electron chi connectivity index (χ1n) is 6.81. The molecule has 0 amide bonds. The summed E-state index contributed by atoms with van der Waals surface area (Å²) in [5.74, 6) is -0.433. The Morgan fingerprint density at radius 3 is 2.70 bits per heavy atom. The molecule has 1 aromatic carbocycles. The van der Waals surface area contributed by atoms with Crippen LogP contribution in [0.25, 0.3) is 0 Å². The predicted molar refractivity (Wildman–Crippen MR) is 79.3 cm³/mol. The molecule has 0 saturated heterocycles. The molecule has 0 radical (unpaired) electrons. The normalized spacial score (nSPS) is 12.7. The molecular formula is C15H19ClFN3. The molecule has 1 aromatic heterocycles. The van der Waals surface area contributed by atoms with E-state index in [1.165, 1.54) is 6.07 Å². The largest absolute Gasteiger partial charge is 0.324 e. The van der Waals surface area contributed by atoms with Gasteiger partial charge in [-0.2, -0.15) is 5.10 Å². The number of rotatable bonds is 5. The Morgan fingerprint density at radius 1 is 1.35 bits per heavy atom. The van der Waals surface area contributed by atoms with Crippen LogP contribution < -0.4 is 5.73 Å². The lowest BCUT2D eigenvalue weighted by atomic mass is 10.0. The summed E-state index contributed by atoms with van der Waals surface area (Å²) in [5.41, 5.74) is 9.04. The Kier molecular flexibility index (Phi) is 4.78. The van der Waals surface area contributed by atoms with Crippen molar-refractivity contribution in [3.8, 4) is 0 Å². The van der Waals surface area contributed by atoms with Crippen molar-refractivity contribution < 1.29 is 4.39 Å². The fourth-order valence-electron chi connectivity index (χ4n) is 2.21. The summed E-state index contributed by atoms with van der Waals surface area (Å²) in [4.78, 5) is 0. The molecule has 1 heterocycles. The molecule has 0 saturated carbocycles. The third kappa shape index (κ3) is 3.19. The zero-order valence-electron chi connectivity index (χ0n) is 11.7. The average Bonchev–Trinajstić information content (AvgIpc) is 2.84. The Hall–Kier alpha value is -1.39. The lowest BCUT2D eigenvalue weighted by Gasteiger charge is -2.13. The van der Waals surface area contributed by atoms with Gasteiger partial charge in [-0.1, -0.05) is 24.6 Å². The minimum atomic E-state index is -0.433. The van der Waals surface area contributed by atoms with Crippen molar-refractivity contribution >= 4 is 11.6 Å². The van der Waals surface area contributed by atoms with Gasteiger partial charge in [0.2, 0.25) is 0 Å². The topological polar surface area (TPSA) is 43.8 Å². The first-order chi connectivity index (χ1) is 9.55. The van der Waals surface area contributed by atoms with E-state index in [4.69, 9.17) is 17.3 Å². The Labute approximate surface area is 123 Å². The number of aromatic nitrogens is 2. The molecule has 5 heteroatoms. The van der Waals surface area contributed by atoms with Gasteiger partial charge in [0.1, 0.15) is 5.82 Å². The SMILES string of the molecule is CCc1cc(CC(N)c2ccc(Cl)c(F)c2)n(CC)n1. The molecule has 2 aromatic rings. The molecule has 2 N–H and O–H groups in total. The van der Waals surface area contributed by atoms with E-state index < -0.39 is 5.82 Å². The van der Waals surface area contributed by atoms with Crippen molar-refractivity contribution in [2.75, 3.05) is 0 Å². The summed E-state index contributed by atoms with van der Waals surface area (Å²) >= 11 is 5.69. The standard InChI is InChI=1S/C15H19ClFN3/c1-3-11-8-12(20(4-2)19-11)9-15(18)10-5-6-13(16)14(17)7-10/h5-8,15H,3-4,9,18H2,1-2H3. The molecule has 0 aliphatic rings. The number of benzene rings is 1. The lowest BCUT2D eigenvalue weighted by molar-refractivity contribution is 0.580. The van der Waals surface area contributed by atoms with Crippen LogP contribution in [0.4, 0.5) is 4.39 Å². The van der Waals surface area contributed by atoms with Gasteiger partial charge in [-0.25, -0.2) is 4.39 Å². The van der Waals surface area contributed by atoms with Gasteiger partial charge in [0, 0.05) is 24.7 Å². The molecule has 0 aliphatic carbocycles. The van der Waals surface area contributed by atoms with Crippen LogP contribution in [-0.2, 0) is 19.4 Å². The molecule has 0 aliphatic heterocycles. The monoisotopic (exact) mass is 295 g/mol. The van der Waals surface area contributed by atoms with Crippen LogP contribution in [0.2, 0.25) is 5.02 Å². The Bertz CT molecular complexity index is 595. The van der Waals surface area contributed by atoms with Gasteiger partial charge in [0.15, 0.2) is 0 Å². The first kappa shape index (κ1) is 15.0. The summed E-state index contributed by atoms with van der Waals surface area (Å²) in [6, 6.07) is 6.51. The molecule has 20 heavy (non-hydrogen) atoms. The molecule has 0 spiro atoms. The highest BCUT2D eigenvalue weighted by Crippen LogP contribution is 2.22. The molecule has 1 atom stereocenters. The zero-order chi connectivity index (χ0) is 14.7. The third-order valence-electron chi connectivity index (χ3n) is 3.38. The smallest absolute Gasteiger partial charge is 0.142 e. The van der Waals surface area contributed by atoms with Crippen LogP contribution >= 0.6 is 11.6 Å². The van der Waals surface area contributed by atoms with E-state index in [2.05, 4.69) is 18.1 Å². The Balaban J connectivity index is 2.20. The summed E-state index contributed by atoms with van der Waals surface area (Å²) in [5, 5.41) is 4.61. The van der Waals surface area contributed by atoms with E-state index in [1.54, 1.807) is 12.1 Å². The number of nitrogens with two attached hydrogens (primary N) is 1. The van der Waals surface area contributed by atoms with Crippen LogP contribution in [0, 0.1) is 5.82 Å². The van der Waals surface area contributed by atoms with Crippen LogP contribution in [0.3, 0.4) is 0 Å². The maximum Gasteiger partial charge on any atom is 0.142 e. The van der Waals surface area contributed by atoms with Crippen LogP contribution in [0.15, 0.2) is 24.3 Å². The van der Waals surface area contributed by atoms with E-state index in [-0.39, 0.29) is 11.1 Å². The van der Waals surface area contributed by atoms with Crippen molar-refractivity contribution in [3.05, 3.63) is 52.1 Å². The quantitative estimate of drug-likeness (QED) is 0.917. The number of nitrogens with zero attached hydrogens (tertiary/aromatic N) is 2. The predicted octanol–water partition coefficient (Wildman–Crippen LogP) is 3.50. The van der Waals surface area contributed by atoms with E-state index in [1.807, 2.05) is 11.6 Å². The van der Waals surface area contributed by atoms with Gasteiger partial charge in [0.25, 0.3) is 0 Å². The summed E-state index contributed by atoms with van der Waals surface area (Å²) in [6.07, 6.45) is 1.52. The zero-order valence-corrected chi connectivity index (χ0v) is 12.5. The van der Waals surface area contributed by atoms with E-state index in [0.29, 0.717) is 6.42 Å². The van der Waals surface area contributed by atoms with Gasteiger partial charge in [-0.3, -0.25) is 4.68 Å². The second-order valence-electron chi connectivity index (χ2n) is 4.78. The average molecular weight is 296 g/mol. The molecule has 0 bridgehead atoms. The Morgan fingerprint density at radius 2 is 2.10 bits per heavy atom. The van der Waals surface area contributed by atoms with Gasteiger partial charge < -0.3 is 5.73 Å². The molecule has 3 nitrogen and oxygen atoms in total. The molecule has 0 fully saturated rings. The fraction of sp³-hybridized carbons (Fsp3) is 0.400. The number of hydrogen-bond acceptors (Lipinski definition) is 2. The van der Waals surface area contributed by atoms with Crippen molar-refractivity contribution in [2.24, 2.45) is 5.73 Å². The van der Waals surface area contributed by atoms with Crippen LogP contribution in [0.1, 0.15) is 36.8 Å². The lowest BCUT2D eigenvalue weighted by Crippen LogP contribution is -2.16. The van der Waals surface area contributed by atoms with Crippen molar-refractivity contribution in [1.82, 2.24) is 9.78 Å². The molecule has 108 valence electrons. The second kappa shape index (κ2) is 6.37. The van der Waals surface area contributed by atoms with E-state index >= 15 is 0 Å². The molecule has 2 rings (SSSR count). The van der Waals surface area contributed by atoms with E-state index in [0.717, 1.165) is 29.9 Å². The maximum absolute atomic E-state index is 13.5. The van der Waals surface area contributed by atoms with Gasteiger partial charge >= 0.3 is 0 Å². The second-order valence-corrected chi connectivity index (χ2v) is 5.19. The first-order valence-corrected chi connectivity index (χ1v) is 7.19. The third-order valence-corrected chi connectivity index (χ3v) is 3.68. The number of aryl methyl sites for hydroxylation is 2. The highest BCUT2D eigenvalue weighted by molar-refractivity contribution is 6.30. The number of hydrogen-bond donors (Lipinski definition) is 1. The summed E-state index contributed by atoms with van der Waals surface area (Å²) in [7, 11) is 0. The van der Waals surface area contributed by atoms with E-state index in [9.17, 15) is 4.39 Å². The highest BCUT2D eigenvalue weighted by Gasteiger charge is 2.13. The molecule has 1 unspecified atom stereocenters. The van der Waals surface area contributed by atoms with Gasteiger partial charge in [0.05, 0.1) is 10.7 Å². The van der Waals surface area contributed by atoms with Crippen LogP contribution in [0.5, 0.6) is 0 Å².